The average molecular weight is 504 g/mol. The molecule has 1 aliphatic heterocycles. The molecule has 1 heterocycles. The van der Waals surface area contributed by atoms with Crippen molar-refractivity contribution in [1.29, 1.82) is 0 Å². The number of allylic oxidation sites excluding steroid dienone is 2. The number of Topliss-reactive ketones (excluding diaryl/α,β-unsaturated/α-hetero) is 2. The summed E-state index contributed by atoms with van der Waals surface area (Å²) in [6.07, 6.45) is 1.06. The smallest absolute Gasteiger partial charge is 0.259 e. The topological polar surface area (TPSA) is 119 Å². The molecule has 4 rings (SSSR count). The van der Waals surface area contributed by atoms with Gasteiger partial charge in [0.2, 0.25) is 0 Å². The Hall–Kier alpha value is -3.36. The number of fused-ring (bicyclic) bond motifs is 3. The van der Waals surface area contributed by atoms with Crippen molar-refractivity contribution >= 4 is 46.5 Å². The Morgan fingerprint density at radius 1 is 1.24 bits per heavy atom. The number of methoxy groups -OCH3 is 1. The van der Waals surface area contributed by atoms with Crippen LogP contribution >= 0.6 is 23.2 Å². The number of aromatic hydroxyl groups is 1. The van der Waals surface area contributed by atoms with E-state index in [4.69, 9.17) is 32.7 Å². The van der Waals surface area contributed by atoms with E-state index in [2.05, 4.69) is 5.32 Å². The molecule has 0 saturated heterocycles. The third kappa shape index (κ3) is 3.45. The molecule has 1 amide bonds. The number of ether oxygens (including phenoxy) is 2. The van der Waals surface area contributed by atoms with Crippen LogP contribution in [-0.2, 0) is 26.3 Å². The molecule has 8 nitrogen and oxygen atoms in total. The van der Waals surface area contributed by atoms with E-state index in [9.17, 15) is 24.3 Å². The number of ketones is 3. The van der Waals surface area contributed by atoms with E-state index in [1.54, 1.807) is 18.2 Å². The molecule has 0 aromatic heterocycles. The van der Waals surface area contributed by atoms with Crippen molar-refractivity contribution in [3.8, 4) is 17.2 Å². The molecular weight excluding hydrogens is 485 g/mol. The average Bonchev–Trinajstić information content (AvgIpc) is 3.06. The van der Waals surface area contributed by atoms with Crippen molar-refractivity contribution in [3.63, 3.8) is 0 Å². The number of benzene rings is 2. The zero-order valence-corrected chi connectivity index (χ0v) is 19.8. The van der Waals surface area contributed by atoms with Crippen LogP contribution in [0.15, 0.2) is 36.1 Å². The summed E-state index contributed by atoms with van der Waals surface area (Å²) in [5.41, 5.74) is -1.28. The molecule has 34 heavy (non-hydrogen) atoms. The molecule has 0 fully saturated rings. The third-order valence-electron chi connectivity index (χ3n) is 6.08. The summed E-state index contributed by atoms with van der Waals surface area (Å²) in [5, 5.41) is 14.2. The van der Waals surface area contributed by atoms with Crippen molar-refractivity contribution in [3.05, 3.63) is 62.8 Å². The van der Waals surface area contributed by atoms with Gasteiger partial charge in [-0.15, -0.1) is 0 Å². The van der Waals surface area contributed by atoms with E-state index < -0.39 is 34.6 Å². The van der Waals surface area contributed by atoms with E-state index in [1.807, 2.05) is 0 Å². The largest absolute Gasteiger partial charge is 0.507 e. The highest BCUT2D eigenvalue weighted by Gasteiger charge is 2.58. The summed E-state index contributed by atoms with van der Waals surface area (Å²) >= 11 is 12.4. The lowest BCUT2D eigenvalue weighted by Gasteiger charge is -2.30. The van der Waals surface area contributed by atoms with E-state index in [-0.39, 0.29) is 40.7 Å². The van der Waals surface area contributed by atoms with Gasteiger partial charge in [-0.25, -0.2) is 0 Å². The van der Waals surface area contributed by atoms with Gasteiger partial charge in [-0.2, -0.15) is 0 Å². The van der Waals surface area contributed by atoms with Gasteiger partial charge in [0.05, 0.1) is 12.7 Å². The number of carbonyl (C=O) groups excluding carboxylic acids is 4. The predicted octanol–water partition coefficient (Wildman–Crippen LogP) is 3.53. The Morgan fingerprint density at radius 3 is 2.47 bits per heavy atom. The SMILES string of the molecule is COc1cc(O)c2c(c1C(=O)NCc1c(Cl)cccc1Cl)OC1=CC(=O)C(C(C)=O)C(=O)[C@]12C. The lowest BCUT2D eigenvalue weighted by atomic mass is 9.67. The number of hydrogen-bond acceptors (Lipinski definition) is 7. The molecule has 2 aliphatic rings. The van der Waals surface area contributed by atoms with Crippen molar-refractivity contribution < 1.29 is 33.8 Å². The zero-order chi connectivity index (χ0) is 24.9. The highest BCUT2D eigenvalue weighted by molar-refractivity contribution is 6.36. The lowest BCUT2D eigenvalue weighted by molar-refractivity contribution is -0.140. The Labute approximate surface area is 204 Å². The maximum Gasteiger partial charge on any atom is 0.259 e. The standard InChI is InChI=1S/C24H19Cl2NO7/c1-10(28)18-14(29)8-17-24(2,22(18)31)20-15(30)7-16(33-3)19(21(20)34-17)23(32)27-9-11-12(25)5-4-6-13(11)26/h4-8,18,30H,9H2,1-3H3,(H,27,32)/t18?,24-/m1/s1. The van der Waals surface area contributed by atoms with Gasteiger partial charge in [0.1, 0.15) is 39.9 Å². The lowest BCUT2D eigenvalue weighted by Crippen LogP contribution is -2.47. The van der Waals surface area contributed by atoms with Crippen LogP contribution in [0, 0.1) is 5.92 Å². The minimum Gasteiger partial charge on any atom is -0.507 e. The molecule has 2 atom stereocenters. The second-order valence-electron chi connectivity index (χ2n) is 8.11. The van der Waals surface area contributed by atoms with Gasteiger partial charge in [-0.3, -0.25) is 19.2 Å². The first kappa shape index (κ1) is 23.8. The van der Waals surface area contributed by atoms with Gasteiger partial charge >= 0.3 is 0 Å². The molecule has 1 aliphatic carbocycles. The summed E-state index contributed by atoms with van der Waals surface area (Å²) < 4.78 is 11.1. The molecule has 2 aromatic rings. The molecule has 0 radical (unpaired) electrons. The number of phenols is 1. The predicted molar refractivity (Wildman–Crippen MR) is 123 cm³/mol. The molecule has 0 bridgehead atoms. The number of carbonyl (C=O) groups is 4. The number of hydrogen-bond donors (Lipinski definition) is 2. The third-order valence-corrected chi connectivity index (χ3v) is 6.79. The quantitative estimate of drug-likeness (QED) is 0.598. The first-order valence-electron chi connectivity index (χ1n) is 10.2. The molecule has 1 unspecified atom stereocenters. The van der Waals surface area contributed by atoms with Crippen LogP contribution in [0.5, 0.6) is 17.2 Å². The maximum absolute atomic E-state index is 13.3. The molecule has 2 N–H and O–H groups in total. The summed E-state index contributed by atoms with van der Waals surface area (Å²) in [6, 6.07) is 6.11. The van der Waals surface area contributed by atoms with Gasteiger partial charge in [-0.05, 0) is 26.0 Å². The molecule has 2 aromatic carbocycles. The maximum atomic E-state index is 13.3. The Bertz CT molecular complexity index is 1300. The molecular formula is C24H19Cl2NO7. The number of nitrogens with one attached hydrogen (secondary N) is 1. The minimum atomic E-state index is -1.64. The highest BCUT2D eigenvalue weighted by atomic mass is 35.5. The monoisotopic (exact) mass is 503 g/mol. The Balaban J connectivity index is 1.82. The molecule has 0 spiro atoms. The van der Waals surface area contributed by atoms with Crippen LogP contribution in [0.2, 0.25) is 10.0 Å². The second-order valence-corrected chi connectivity index (χ2v) is 8.92. The van der Waals surface area contributed by atoms with Crippen molar-refractivity contribution in [2.24, 2.45) is 5.92 Å². The fourth-order valence-corrected chi connectivity index (χ4v) is 4.84. The van der Waals surface area contributed by atoms with Crippen LogP contribution in [0.1, 0.15) is 35.3 Å². The van der Waals surface area contributed by atoms with E-state index in [0.29, 0.717) is 15.6 Å². The normalized spacial score (nSPS) is 20.7. The van der Waals surface area contributed by atoms with Crippen LogP contribution in [-0.4, -0.2) is 35.5 Å². The van der Waals surface area contributed by atoms with E-state index in [0.717, 1.165) is 13.0 Å². The van der Waals surface area contributed by atoms with Gasteiger partial charge in [0.15, 0.2) is 17.3 Å². The molecule has 10 heteroatoms. The summed E-state index contributed by atoms with van der Waals surface area (Å²) in [5.74, 6) is -4.89. The Morgan fingerprint density at radius 2 is 1.88 bits per heavy atom. The zero-order valence-electron chi connectivity index (χ0n) is 18.3. The summed E-state index contributed by atoms with van der Waals surface area (Å²) in [4.78, 5) is 51.0. The van der Waals surface area contributed by atoms with Crippen LogP contribution in [0.4, 0.5) is 0 Å². The van der Waals surface area contributed by atoms with Crippen LogP contribution in [0.25, 0.3) is 0 Å². The van der Waals surface area contributed by atoms with Crippen LogP contribution < -0.4 is 14.8 Å². The number of phenolic OH excluding ortho intramolecular Hbond substituents is 1. The number of amides is 1. The summed E-state index contributed by atoms with van der Waals surface area (Å²) in [6.45, 7) is 2.55. The first-order chi connectivity index (χ1) is 16.0. The highest BCUT2D eigenvalue weighted by Crippen LogP contribution is 2.56. The second kappa shape index (κ2) is 8.45. The minimum absolute atomic E-state index is 0.0239. The number of rotatable bonds is 5. The van der Waals surface area contributed by atoms with Crippen molar-refractivity contribution in [1.82, 2.24) is 5.32 Å². The Kier molecular flexibility index (Phi) is 5.91. The van der Waals surface area contributed by atoms with Gasteiger partial charge in [0.25, 0.3) is 5.91 Å². The number of halogens is 2. The fourth-order valence-electron chi connectivity index (χ4n) is 4.31. The van der Waals surface area contributed by atoms with Gasteiger partial charge in [0, 0.05) is 34.3 Å². The van der Waals surface area contributed by atoms with E-state index in [1.165, 1.54) is 20.1 Å². The van der Waals surface area contributed by atoms with Gasteiger partial charge in [-0.1, -0.05) is 29.3 Å². The van der Waals surface area contributed by atoms with Crippen molar-refractivity contribution in [2.45, 2.75) is 25.8 Å². The first-order valence-corrected chi connectivity index (χ1v) is 10.9. The fraction of sp³-hybridized carbons (Fsp3) is 0.250. The van der Waals surface area contributed by atoms with Gasteiger partial charge < -0.3 is 19.9 Å². The summed E-state index contributed by atoms with van der Waals surface area (Å²) in [7, 11) is 1.30. The van der Waals surface area contributed by atoms with E-state index >= 15 is 0 Å². The molecule has 0 saturated carbocycles. The van der Waals surface area contributed by atoms with Crippen LogP contribution in [0.3, 0.4) is 0 Å². The molecule has 176 valence electrons. The van der Waals surface area contributed by atoms with Crippen molar-refractivity contribution in [2.75, 3.05) is 7.11 Å².